The van der Waals surface area contributed by atoms with E-state index in [2.05, 4.69) is 34.2 Å². The van der Waals surface area contributed by atoms with E-state index >= 15 is 0 Å². The van der Waals surface area contributed by atoms with Crippen molar-refractivity contribution in [2.45, 2.75) is 26.7 Å². The molecule has 0 spiro atoms. The number of nitrogens with zero attached hydrogens (tertiary/aromatic N) is 4. The van der Waals surface area contributed by atoms with Gasteiger partial charge in [-0.05, 0) is 18.9 Å². The first-order valence-electron chi connectivity index (χ1n) is 4.64. The van der Waals surface area contributed by atoms with E-state index in [9.17, 15) is 0 Å². The summed E-state index contributed by atoms with van der Waals surface area (Å²) in [5.74, 6) is 0.369. The summed E-state index contributed by atoms with van der Waals surface area (Å²) in [5.41, 5.74) is 3.74. The Kier molecular flexibility index (Phi) is 2.11. The topological polar surface area (TPSA) is 51.6 Å². The monoisotopic (exact) mass is 188 g/mol. The van der Waals surface area contributed by atoms with Crippen LogP contribution in [-0.2, 0) is 0 Å². The maximum atomic E-state index is 4.19. The zero-order valence-corrected chi connectivity index (χ0v) is 8.52. The second kappa shape index (κ2) is 3.29. The van der Waals surface area contributed by atoms with Gasteiger partial charge in [0.25, 0.3) is 0 Å². The van der Waals surface area contributed by atoms with Gasteiger partial charge in [-0.2, -0.15) is 10.2 Å². The molecule has 0 radical (unpaired) electrons. The van der Waals surface area contributed by atoms with Crippen LogP contribution in [0.2, 0.25) is 0 Å². The van der Waals surface area contributed by atoms with Gasteiger partial charge in [-0.3, -0.25) is 0 Å². The molecule has 0 aliphatic rings. The molecule has 0 aliphatic heterocycles. The molecule has 72 valence electrons. The Bertz CT molecular complexity index is 465. The maximum Gasteiger partial charge on any atom is 0.118 e. The molecule has 2 rings (SSSR count). The molecule has 0 aromatic carbocycles. The summed E-state index contributed by atoms with van der Waals surface area (Å²) >= 11 is 0. The Labute approximate surface area is 82.4 Å². The zero-order valence-electron chi connectivity index (χ0n) is 8.52. The van der Waals surface area contributed by atoms with E-state index in [1.165, 1.54) is 0 Å². The molecule has 4 nitrogen and oxygen atoms in total. The van der Waals surface area contributed by atoms with Crippen molar-refractivity contribution in [2.24, 2.45) is 0 Å². The first kappa shape index (κ1) is 8.99. The number of rotatable bonds is 1. The van der Waals surface area contributed by atoms with Gasteiger partial charge in [0, 0.05) is 5.56 Å². The molecule has 0 unspecified atom stereocenters. The molecule has 0 N–H and O–H groups in total. The minimum atomic E-state index is 0.369. The van der Waals surface area contributed by atoms with Gasteiger partial charge in [-0.25, -0.2) is 0 Å². The van der Waals surface area contributed by atoms with Gasteiger partial charge >= 0.3 is 0 Å². The van der Waals surface area contributed by atoms with Crippen LogP contribution in [0.25, 0.3) is 11.0 Å². The third kappa shape index (κ3) is 1.32. The summed E-state index contributed by atoms with van der Waals surface area (Å²) in [6.07, 6.45) is 1.63. The van der Waals surface area contributed by atoms with Gasteiger partial charge in [-0.1, -0.05) is 13.8 Å². The van der Waals surface area contributed by atoms with Crippen molar-refractivity contribution in [3.63, 3.8) is 0 Å². The molecule has 0 atom stereocenters. The summed E-state index contributed by atoms with van der Waals surface area (Å²) < 4.78 is 0. The lowest BCUT2D eigenvalue weighted by atomic mass is 10.0. The van der Waals surface area contributed by atoms with Crippen LogP contribution in [0.15, 0.2) is 12.3 Å². The Morgan fingerprint density at radius 2 is 1.93 bits per heavy atom. The number of aromatic nitrogens is 4. The van der Waals surface area contributed by atoms with Crippen LogP contribution >= 0.6 is 0 Å². The van der Waals surface area contributed by atoms with Gasteiger partial charge in [0.2, 0.25) is 0 Å². The molecule has 0 amide bonds. The van der Waals surface area contributed by atoms with Crippen LogP contribution in [-0.4, -0.2) is 20.4 Å². The third-order valence-electron chi connectivity index (χ3n) is 2.25. The van der Waals surface area contributed by atoms with Crippen molar-refractivity contribution in [2.75, 3.05) is 0 Å². The molecule has 2 heterocycles. The summed E-state index contributed by atoms with van der Waals surface area (Å²) in [6, 6.07) is 1.83. The van der Waals surface area contributed by atoms with Gasteiger partial charge in [0.1, 0.15) is 11.0 Å². The minimum Gasteiger partial charge on any atom is -0.158 e. The second-order valence-corrected chi connectivity index (χ2v) is 3.63. The van der Waals surface area contributed by atoms with Crippen molar-refractivity contribution in [1.82, 2.24) is 20.4 Å². The molecule has 0 saturated carbocycles. The van der Waals surface area contributed by atoms with Crippen molar-refractivity contribution in [3.8, 4) is 0 Å². The molecular formula is C10H12N4. The van der Waals surface area contributed by atoms with Crippen LogP contribution in [0.4, 0.5) is 0 Å². The second-order valence-electron chi connectivity index (χ2n) is 3.63. The standard InChI is InChI=1S/C10H12N4/c1-6(2)9-7(3)10-8(12-14-9)4-5-11-13-10/h4-6H,1-3H3. The van der Waals surface area contributed by atoms with Gasteiger partial charge in [-0.15, -0.1) is 10.2 Å². The van der Waals surface area contributed by atoms with E-state index in [1.54, 1.807) is 6.20 Å². The van der Waals surface area contributed by atoms with Crippen molar-refractivity contribution in [1.29, 1.82) is 0 Å². The average molecular weight is 188 g/mol. The molecule has 14 heavy (non-hydrogen) atoms. The van der Waals surface area contributed by atoms with Crippen LogP contribution in [0.5, 0.6) is 0 Å². The van der Waals surface area contributed by atoms with Gasteiger partial charge in [0.15, 0.2) is 0 Å². The lowest BCUT2D eigenvalue weighted by molar-refractivity contribution is 0.781. The number of aryl methyl sites for hydroxylation is 1. The normalized spacial score (nSPS) is 11.1. The fraction of sp³-hybridized carbons (Fsp3) is 0.400. The lowest BCUT2D eigenvalue weighted by Crippen LogP contribution is -2.01. The van der Waals surface area contributed by atoms with Crippen molar-refractivity contribution in [3.05, 3.63) is 23.5 Å². The highest BCUT2D eigenvalue weighted by atomic mass is 15.1. The Hall–Kier alpha value is -1.58. The maximum absolute atomic E-state index is 4.19. The van der Waals surface area contributed by atoms with Crippen molar-refractivity contribution >= 4 is 11.0 Å². The quantitative estimate of drug-likeness (QED) is 0.685. The molecule has 4 heteroatoms. The van der Waals surface area contributed by atoms with E-state index in [0.717, 1.165) is 22.3 Å². The predicted octanol–water partition coefficient (Wildman–Crippen LogP) is 1.85. The van der Waals surface area contributed by atoms with E-state index in [1.807, 2.05) is 13.0 Å². The van der Waals surface area contributed by atoms with Crippen LogP contribution in [0.1, 0.15) is 31.0 Å². The van der Waals surface area contributed by atoms with E-state index in [0.29, 0.717) is 5.92 Å². The average Bonchev–Trinajstić information content (AvgIpc) is 2.18. The molecule has 2 aromatic heterocycles. The first-order valence-corrected chi connectivity index (χ1v) is 4.64. The van der Waals surface area contributed by atoms with E-state index in [-0.39, 0.29) is 0 Å². The van der Waals surface area contributed by atoms with Crippen LogP contribution < -0.4 is 0 Å². The number of hydrogen-bond acceptors (Lipinski definition) is 4. The fourth-order valence-electron chi connectivity index (χ4n) is 1.53. The number of hydrogen-bond donors (Lipinski definition) is 0. The minimum absolute atomic E-state index is 0.369. The van der Waals surface area contributed by atoms with Gasteiger partial charge in [0.05, 0.1) is 11.9 Å². The largest absolute Gasteiger partial charge is 0.158 e. The van der Waals surface area contributed by atoms with Crippen LogP contribution in [0.3, 0.4) is 0 Å². The molecule has 0 fully saturated rings. The Morgan fingerprint density at radius 3 is 2.64 bits per heavy atom. The molecular weight excluding hydrogens is 176 g/mol. The molecule has 0 bridgehead atoms. The van der Waals surface area contributed by atoms with E-state index in [4.69, 9.17) is 0 Å². The van der Waals surface area contributed by atoms with E-state index < -0.39 is 0 Å². The number of fused-ring (bicyclic) bond motifs is 1. The molecule has 0 aliphatic carbocycles. The first-order chi connectivity index (χ1) is 6.70. The highest BCUT2D eigenvalue weighted by Gasteiger charge is 2.10. The highest BCUT2D eigenvalue weighted by molar-refractivity contribution is 5.76. The highest BCUT2D eigenvalue weighted by Crippen LogP contribution is 2.20. The van der Waals surface area contributed by atoms with Crippen molar-refractivity contribution < 1.29 is 0 Å². The molecule has 0 saturated heterocycles. The predicted molar refractivity (Wildman–Crippen MR) is 54.0 cm³/mol. The SMILES string of the molecule is Cc1c(C(C)C)nnc2ccnnc12. The molecule has 2 aromatic rings. The Morgan fingerprint density at radius 1 is 1.14 bits per heavy atom. The summed E-state index contributed by atoms with van der Waals surface area (Å²) in [5, 5.41) is 16.2. The Balaban J connectivity index is 2.75. The summed E-state index contributed by atoms with van der Waals surface area (Å²) in [6.45, 7) is 6.21. The smallest absolute Gasteiger partial charge is 0.118 e. The lowest BCUT2D eigenvalue weighted by Gasteiger charge is -2.07. The summed E-state index contributed by atoms with van der Waals surface area (Å²) in [7, 11) is 0. The van der Waals surface area contributed by atoms with Crippen LogP contribution in [0, 0.1) is 6.92 Å². The summed E-state index contributed by atoms with van der Waals surface area (Å²) in [4.78, 5) is 0. The van der Waals surface area contributed by atoms with Gasteiger partial charge < -0.3 is 0 Å². The zero-order chi connectivity index (χ0) is 10.1. The fourth-order valence-corrected chi connectivity index (χ4v) is 1.53. The third-order valence-corrected chi connectivity index (χ3v) is 2.25.